The highest BCUT2D eigenvalue weighted by atomic mass is 19.4. The van der Waals surface area contributed by atoms with Crippen molar-refractivity contribution in [1.29, 1.82) is 0 Å². The predicted octanol–water partition coefficient (Wildman–Crippen LogP) is 8.63. The van der Waals surface area contributed by atoms with E-state index in [1.54, 1.807) is 12.1 Å². The molecular weight excluding hydrogens is 395 g/mol. The third-order valence-corrected chi connectivity index (χ3v) is 7.50. The maximum atomic E-state index is 14.4. The van der Waals surface area contributed by atoms with E-state index in [4.69, 9.17) is 0 Å². The minimum atomic E-state index is -5.05. The quantitative estimate of drug-likeness (QED) is 0.431. The molecule has 2 fully saturated rings. The number of unbranched alkanes of at least 4 members (excludes halogenated alkanes) is 1. The molecule has 2 aliphatic rings. The first-order chi connectivity index (χ1) is 14.3. The van der Waals surface area contributed by atoms with E-state index >= 15 is 0 Å². The van der Waals surface area contributed by atoms with E-state index in [1.165, 1.54) is 51.0 Å². The SMILES string of the molecule is CCCCC1CCC2CC(c3ccc4c(F)c(C(F)(F)F)c(F)cc4c3)CCC2C1. The monoisotopic (exact) mass is 424 g/mol. The molecular formula is C25H29F5. The zero-order valence-corrected chi connectivity index (χ0v) is 17.4. The normalized spacial score (nSPS) is 27.3. The smallest absolute Gasteiger partial charge is 0.206 e. The maximum Gasteiger partial charge on any atom is 0.422 e. The van der Waals surface area contributed by atoms with Crippen molar-refractivity contribution in [3.8, 4) is 0 Å². The van der Waals surface area contributed by atoms with E-state index in [0.29, 0.717) is 11.8 Å². The van der Waals surface area contributed by atoms with Crippen LogP contribution in [0.5, 0.6) is 0 Å². The average molecular weight is 424 g/mol. The van der Waals surface area contributed by atoms with E-state index in [2.05, 4.69) is 6.92 Å². The predicted molar refractivity (Wildman–Crippen MR) is 109 cm³/mol. The van der Waals surface area contributed by atoms with Gasteiger partial charge < -0.3 is 0 Å². The van der Waals surface area contributed by atoms with Gasteiger partial charge in [-0.1, -0.05) is 50.8 Å². The molecule has 0 nitrogen and oxygen atoms in total. The van der Waals surface area contributed by atoms with Crippen molar-refractivity contribution in [2.45, 2.75) is 76.8 Å². The summed E-state index contributed by atoms with van der Waals surface area (Å²) < 4.78 is 67.4. The number of hydrogen-bond acceptors (Lipinski definition) is 0. The zero-order chi connectivity index (χ0) is 21.5. The Morgan fingerprint density at radius 1 is 0.933 bits per heavy atom. The van der Waals surface area contributed by atoms with Crippen LogP contribution in [0.25, 0.3) is 10.8 Å². The lowest BCUT2D eigenvalue weighted by Crippen LogP contribution is -2.30. The van der Waals surface area contributed by atoms with Crippen LogP contribution in [0.4, 0.5) is 22.0 Å². The van der Waals surface area contributed by atoms with Crippen LogP contribution in [-0.2, 0) is 6.18 Å². The Labute approximate surface area is 174 Å². The van der Waals surface area contributed by atoms with E-state index in [9.17, 15) is 22.0 Å². The summed E-state index contributed by atoms with van der Waals surface area (Å²) in [6, 6.07) is 5.65. The highest BCUT2D eigenvalue weighted by Crippen LogP contribution is 2.49. The van der Waals surface area contributed by atoms with Gasteiger partial charge in [-0.05, 0) is 72.8 Å². The summed E-state index contributed by atoms with van der Waals surface area (Å²) in [6.07, 6.45) is 6.01. The molecule has 0 aliphatic heterocycles. The minimum Gasteiger partial charge on any atom is -0.206 e. The Hall–Kier alpha value is -1.65. The summed E-state index contributed by atoms with van der Waals surface area (Å²) in [5.41, 5.74) is -0.810. The van der Waals surface area contributed by atoms with Crippen LogP contribution in [0, 0.1) is 29.4 Å². The highest BCUT2D eigenvalue weighted by Gasteiger charge is 2.39. The van der Waals surface area contributed by atoms with Crippen molar-refractivity contribution in [2.24, 2.45) is 17.8 Å². The molecule has 4 unspecified atom stereocenters. The van der Waals surface area contributed by atoms with Crippen LogP contribution in [0.3, 0.4) is 0 Å². The molecule has 30 heavy (non-hydrogen) atoms. The number of hydrogen-bond donors (Lipinski definition) is 0. The van der Waals surface area contributed by atoms with Gasteiger partial charge in [-0.25, -0.2) is 8.78 Å². The van der Waals surface area contributed by atoms with Crippen molar-refractivity contribution < 1.29 is 22.0 Å². The first-order valence-corrected chi connectivity index (χ1v) is 11.3. The first kappa shape index (κ1) is 21.6. The third-order valence-electron chi connectivity index (χ3n) is 7.50. The number of rotatable bonds is 4. The van der Waals surface area contributed by atoms with Crippen molar-refractivity contribution in [2.75, 3.05) is 0 Å². The van der Waals surface area contributed by atoms with Crippen molar-refractivity contribution >= 4 is 10.8 Å². The molecule has 0 saturated heterocycles. The molecule has 0 N–H and O–H groups in total. The molecule has 0 heterocycles. The fraction of sp³-hybridized carbons (Fsp3) is 0.600. The van der Waals surface area contributed by atoms with Gasteiger partial charge in [0.2, 0.25) is 0 Å². The second-order valence-corrected chi connectivity index (χ2v) is 9.38. The molecule has 2 aliphatic carbocycles. The standard InChI is InChI=1S/C25H29F5/c1-2-3-4-15-5-6-17-12-18(8-7-16(17)11-15)19-9-10-21-20(13-19)14-22(26)23(24(21)27)25(28,29)30/h9-10,13-18H,2-8,11-12H2,1H3. The fourth-order valence-corrected chi connectivity index (χ4v) is 5.91. The molecule has 0 aromatic heterocycles. The van der Waals surface area contributed by atoms with Crippen LogP contribution in [0.15, 0.2) is 24.3 Å². The summed E-state index contributed by atoms with van der Waals surface area (Å²) in [5.74, 6) is -0.412. The topological polar surface area (TPSA) is 0 Å². The molecule has 164 valence electrons. The summed E-state index contributed by atoms with van der Waals surface area (Å²) >= 11 is 0. The Morgan fingerprint density at radius 3 is 2.40 bits per heavy atom. The van der Waals surface area contributed by atoms with E-state index in [1.807, 2.05) is 0 Å². The van der Waals surface area contributed by atoms with E-state index < -0.39 is 23.4 Å². The molecule has 4 atom stereocenters. The third kappa shape index (κ3) is 4.22. The first-order valence-electron chi connectivity index (χ1n) is 11.3. The lowest BCUT2D eigenvalue weighted by Gasteiger charge is -2.42. The zero-order valence-electron chi connectivity index (χ0n) is 17.4. The second kappa shape index (κ2) is 8.47. The average Bonchev–Trinajstić information content (AvgIpc) is 2.70. The van der Waals surface area contributed by atoms with E-state index in [-0.39, 0.29) is 10.8 Å². The summed E-state index contributed by atoms with van der Waals surface area (Å²) in [7, 11) is 0. The molecule has 5 heteroatoms. The largest absolute Gasteiger partial charge is 0.422 e. The summed E-state index contributed by atoms with van der Waals surface area (Å²) in [6.45, 7) is 2.24. The Bertz CT molecular complexity index is 901. The van der Waals surface area contributed by atoms with Crippen LogP contribution in [0.2, 0.25) is 0 Å². The number of alkyl halides is 3. The summed E-state index contributed by atoms with van der Waals surface area (Å²) in [4.78, 5) is 0. The van der Waals surface area contributed by atoms with Crippen LogP contribution >= 0.6 is 0 Å². The molecule has 0 radical (unpaired) electrons. The molecule has 0 amide bonds. The Kier molecular flexibility index (Phi) is 6.09. The van der Waals surface area contributed by atoms with Crippen LogP contribution in [0.1, 0.15) is 81.8 Å². The van der Waals surface area contributed by atoms with E-state index in [0.717, 1.165) is 36.3 Å². The van der Waals surface area contributed by atoms with Crippen LogP contribution < -0.4 is 0 Å². The molecule has 0 spiro atoms. The van der Waals surface area contributed by atoms with Gasteiger partial charge in [-0.15, -0.1) is 0 Å². The van der Waals surface area contributed by atoms with Gasteiger partial charge in [0.05, 0.1) is 0 Å². The molecule has 4 rings (SSSR count). The highest BCUT2D eigenvalue weighted by molar-refractivity contribution is 5.85. The lowest BCUT2D eigenvalue weighted by molar-refractivity contribution is -0.142. The van der Waals surface area contributed by atoms with Crippen molar-refractivity contribution in [3.05, 3.63) is 47.0 Å². The molecule has 2 saturated carbocycles. The van der Waals surface area contributed by atoms with Gasteiger partial charge >= 0.3 is 6.18 Å². The number of halogens is 5. The number of benzene rings is 2. The van der Waals surface area contributed by atoms with Crippen molar-refractivity contribution in [3.63, 3.8) is 0 Å². The van der Waals surface area contributed by atoms with Crippen molar-refractivity contribution in [1.82, 2.24) is 0 Å². The van der Waals surface area contributed by atoms with Gasteiger partial charge in [0, 0.05) is 5.39 Å². The summed E-state index contributed by atoms with van der Waals surface area (Å²) in [5, 5.41) is 0.0403. The van der Waals surface area contributed by atoms with Gasteiger partial charge in [0.25, 0.3) is 0 Å². The van der Waals surface area contributed by atoms with Gasteiger partial charge in [-0.2, -0.15) is 13.2 Å². The Balaban J connectivity index is 1.52. The Morgan fingerprint density at radius 2 is 1.67 bits per heavy atom. The lowest BCUT2D eigenvalue weighted by atomic mass is 9.63. The van der Waals surface area contributed by atoms with Gasteiger partial charge in [0.15, 0.2) is 0 Å². The minimum absolute atomic E-state index is 0.169. The van der Waals surface area contributed by atoms with Crippen LogP contribution in [-0.4, -0.2) is 0 Å². The maximum absolute atomic E-state index is 14.4. The second-order valence-electron chi connectivity index (χ2n) is 9.38. The fourth-order valence-electron chi connectivity index (χ4n) is 5.91. The molecule has 2 aromatic rings. The van der Waals surface area contributed by atoms with Gasteiger partial charge in [-0.3, -0.25) is 0 Å². The number of fused-ring (bicyclic) bond motifs is 2. The molecule has 2 aromatic carbocycles. The molecule has 0 bridgehead atoms. The van der Waals surface area contributed by atoms with Gasteiger partial charge in [0.1, 0.15) is 17.2 Å².